The molecule has 22 heavy (non-hydrogen) atoms. The van der Waals surface area contributed by atoms with E-state index in [1.165, 1.54) is 0 Å². The highest BCUT2D eigenvalue weighted by Gasteiger charge is 2.22. The van der Waals surface area contributed by atoms with E-state index in [0.29, 0.717) is 37.7 Å². The first-order chi connectivity index (χ1) is 10.7. The summed E-state index contributed by atoms with van der Waals surface area (Å²) in [5.41, 5.74) is 0.631. The van der Waals surface area contributed by atoms with Gasteiger partial charge in [0.15, 0.2) is 0 Å². The largest absolute Gasteiger partial charge is 0.378 e. The SMILES string of the molecule is O=C(NC1CCCC1)c1cccc(C(=O)N2CCOCC2)n1. The second-order valence-corrected chi connectivity index (χ2v) is 5.77. The van der Waals surface area contributed by atoms with Crippen molar-refractivity contribution in [2.45, 2.75) is 31.7 Å². The number of pyridine rings is 1. The Morgan fingerprint density at radius 2 is 1.82 bits per heavy atom. The molecular weight excluding hydrogens is 282 g/mol. The summed E-state index contributed by atoms with van der Waals surface area (Å²) >= 11 is 0. The number of ether oxygens (including phenoxy) is 1. The van der Waals surface area contributed by atoms with E-state index in [4.69, 9.17) is 4.74 Å². The molecule has 2 fully saturated rings. The fourth-order valence-corrected chi connectivity index (χ4v) is 2.94. The zero-order valence-corrected chi connectivity index (χ0v) is 12.6. The van der Waals surface area contributed by atoms with Crippen LogP contribution in [0.4, 0.5) is 0 Å². The van der Waals surface area contributed by atoms with Gasteiger partial charge in [-0.1, -0.05) is 18.9 Å². The molecule has 1 aromatic rings. The predicted octanol–water partition coefficient (Wildman–Crippen LogP) is 1.23. The summed E-state index contributed by atoms with van der Waals surface area (Å²) in [5, 5.41) is 2.99. The maximum atomic E-state index is 12.4. The van der Waals surface area contributed by atoms with Crippen LogP contribution in [0.2, 0.25) is 0 Å². The molecule has 0 bridgehead atoms. The van der Waals surface area contributed by atoms with Gasteiger partial charge in [0.05, 0.1) is 13.2 Å². The second-order valence-electron chi connectivity index (χ2n) is 5.77. The molecular formula is C16H21N3O3. The van der Waals surface area contributed by atoms with E-state index in [-0.39, 0.29) is 17.9 Å². The van der Waals surface area contributed by atoms with Crippen LogP contribution < -0.4 is 5.32 Å². The first-order valence-electron chi connectivity index (χ1n) is 7.89. The number of nitrogens with zero attached hydrogens (tertiary/aromatic N) is 2. The number of nitrogens with one attached hydrogen (secondary N) is 1. The first-order valence-corrected chi connectivity index (χ1v) is 7.89. The van der Waals surface area contributed by atoms with Crippen LogP contribution in [0.25, 0.3) is 0 Å². The topological polar surface area (TPSA) is 71.5 Å². The van der Waals surface area contributed by atoms with Crippen LogP contribution in [0.1, 0.15) is 46.7 Å². The Morgan fingerprint density at radius 3 is 2.55 bits per heavy atom. The maximum Gasteiger partial charge on any atom is 0.272 e. The predicted molar refractivity (Wildman–Crippen MR) is 80.7 cm³/mol. The molecule has 1 saturated carbocycles. The number of rotatable bonds is 3. The lowest BCUT2D eigenvalue weighted by molar-refractivity contribution is 0.0299. The normalized spacial score (nSPS) is 19.2. The van der Waals surface area contributed by atoms with Gasteiger partial charge in [-0.3, -0.25) is 9.59 Å². The molecule has 1 saturated heterocycles. The van der Waals surface area contributed by atoms with Crippen LogP contribution >= 0.6 is 0 Å². The average Bonchev–Trinajstić information content (AvgIpc) is 3.08. The molecule has 6 heteroatoms. The van der Waals surface area contributed by atoms with Crippen LogP contribution in [-0.4, -0.2) is 54.0 Å². The van der Waals surface area contributed by atoms with E-state index >= 15 is 0 Å². The van der Waals surface area contributed by atoms with Gasteiger partial charge in [-0.2, -0.15) is 0 Å². The van der Waals surface area contributed by atoms with Crippen molar-refractivity contribution in [3.8, 4) is 0 Å². The van der Waals surface area contributed by atoms with Gasteiger partial charge >= 0.3 is 0 Å². The Hall–Kier alpha value is -1.95. The highest BCUT2D eigenvalue weighted by Crippen LogP contribution is 2.18. The van der Waals surface area contributed by atoms with Gasteiger partial charge in [0.25, 0.3) is 11.8 Å². The van der Waals surface area contributed by atoms with Crippen molar-refractivity contribution in [1.82, 2.24) is 15.2 Å². The lowest BCUT2D eigenvalue weighted by atomic mass is 10.2. The van der Waals surface area contributed by atoms with Gasteiger partial charge in [-0.25, -0.2) is 4.98 Å². The average molecular weight is 303 g/mol. The van der Waals surface area contributed by atoms with Gasteiger partial charge in [0, 0.05) is 19.1 Å². The molecule has 2 amide bonds. The molecule has 118 valence electrons. The van der Waals surface area contributed by atoms with Crippen molar-refractivity contribution in [2.24, 2.45) is 0 Å². The third kappa shape index (κ3) is 3.44. The summed E-state index contributed by atoms with van der Waals surface area (Å²) in [6.45, 7) is 2.24. The van der Waals surface area contributed by atoms with Gasteiger partial charge < -0.3 is 15.0 Å². The number of hydrogen-bond donors (Lipinski definition) is 1. The lowest BCUT2D eigenvalue weighted by Crippen LogP contribution is -2.41. The van der Waals surface area contributed by atoms with Crippen LogP contribution in [0.5, 0.6) is 0 Å². The molecule has 0 unspecified atom stereocenters. The molecule has 1 aliphatic carbocycles. The molecule has 6 nitrogen and oxygen atoms in total. The van der Waals surface area contributed by atoms with Crippen molar-refractivity contribution in [3.63, 3.8) is 0 Å². The smallest absolute Gasteiger partial charge is 0.272 e. The first kappa shape index (κ1) is 15.0. The highest BCUT2D eigenvalue weighted by molar-refractivity contribution is 5.96. The Bertz CT molecular complexity index is 549. The zero-order chi connectivity index (χ0) is 15.4. The number of amides is 2. The Labute approximate surface area is 129 Å². The zero-order valence-electron chi connectivity index (χ0n) is 12.6. The van der Waals surface area contributed by atoms with E-state index in [0.717, 1.165) is 25.7 Å². The van der Waals surface area contributed by atoms with Crippen LogP contribution in [0, 0.1) is 0 Å². The van der Waals surface area contributed by atoms with E-state index < -0.39 is 0 Å². The summed E-state index contributed by atoms with van der Waals surface area (Å²) in [5.74, 6) is -0.331. The standard InChI is InChI=1S/C16H21N3O3/c20-15(17-12-4-1-2-5-12)13-6-3-7-14(18-13)16(21)19-8-10-22-11-9-19/h3,6-7,12H,1-2,4-5,8-11H2,(H,17,20). The number of carbonyl (C=O) groups is 2. The summed E-state index contributed by atoms with van der Waals surface area (Å²) in [6.07, 6.45) is 4.37. The van der Waals surface area contributed by atoms with E-state index in [2.05, 4.69) is 10.3 Å². The van der Waals surface area contributed by atoms with Crippen LogP contribution in [0.15, 0.2) is 18.2 Å². The summed E-state index contributed by atoms with van der Waals surface area (Å²) in [7, 11) is 0. The Balaban J connectivity index is 1.68. The minimum absolute atomic E-state index is 0.140. The third-order valence-electron chi connectivity index (χ3n) is 4.19. The summed E-state index contributed by atoms with van der Waals surface area (Å²) < 4.78 is 5.24. The molecule has 3 rings (SSSR count). The van der Waals surface area contributed by atoms with Gasteiger partial charge in [-0.15, -0.1) is 0 Å². The molecule has 0 spiro atoms. The summed E-state index contributed by atoms with van der Waals surface area (Å²) in [4.78, 5) is 30.6. The Kier molecular flexibility index (Phi) is 4.68. The quantitative estimate of drug-likeness (QED) is 0.911. The van der Waals surface area contributed by atoms with Crippen molar-refractivity contribution in [1.29, 1.82) is 0 Å². The third-order valence-corrected chi connectivity index (χ3v) is 4.19. The van der Waals surface area contributed by atoms with Crippen molar-refractivity contribution < 1.29 is 14.3 Å². The number of aromatic nitrogens is 1. The van der Waals surface area contributed by atoms with Crippen molar-refractivity contribution in [2.75, 3.05) is 26.3 Å². The fourth-order valence-electron chi connectivity index (χ4n) is 2.94. The Morgan fingerprint density at radius 1 is 1.14 bits per heavy atom. The number of morpholine rings is 1. The van der Waals surface area contributed by atoms with E-state index in [9.17, 15) is 9.59 Å². The molecule has 0 aromatic carbocycles. The molecule has 2 heterocycles. The van der Waals surface area contributed by atoms with Gasteiger partial charge in [0.1, 0.15) is 11.4 Å². The molecule has 2 aliphatic rings. The monoisotopic (exact) mass is 303 g/mol. The number of carbonyl (C=O) groups excluding carboxylic acids is 2. The molecule has 1 N–H and O–H groups in total. The second kappa shape index (κ2) is 6.87. The van der Waals surface area contributed by atoms with Crippen LogP contribution in [0.3, 0.4) is 0 Å². The van der Waals surface area contributed by atoms with Crippen molar-refractivity contribution >= 4 is 11.8 Å². The van der Waals surface area contributed by atoms with E-state index in [1.54, 1.807) is 23.1 Å². The van der Waals surface area contributed by atoms with Crippen LogP contribution in [-0.2, 0) is 4.74 Å². The fraction of sp³-hybridized carbons (Fsp3) is 0.562. The lowest BCUT2D eigenvalue weighted by Gasteiger charge is -2.26. The summed E-state index contributed by atoms with van der Waals surface area (Å²) in [6, 6.07) is 5.27. The van der Waals surface area contributed by atoms with Gasteiger partial charge in [-0.05, 0) is 25.0 Å². The molecule has 1 aromatic heterocycles. The minimum atomic E-state index is -0.191. The molecule has 0 atom stereocenters. The molecule has 1 aliphatic heterocycles. The maximum absolute atomic E-state index is 12.4. The minimum Gasteiger partial charge on any atom is -0.378 e. The van der Waals surface area contributed by atoms with E-state index in [1.807, 2.05) is 0 Å². The highest BCUT2D eigenvalue weighted by atomic mass is 16.5. The molecule has 0 radical (unpaired) electrons. The van der Waals surface area contributed by atoms with Crippen molar-refractivity contribution in [3.05, 3.63) is 29.6 Å². The number of hydrogen-bond acceptors (Lipinski definition) is 4. The van der Waals surface area contributed by atoms with Gasteiger partial charge in [0.2, 0.25) is 0 Å².